The van der Waals surface area contributed by atoms with Crippen LogP contribution in [0.1, 0.15) is 21.5 Å². The highest BCUT2D eigenvalue weighted by Gasteiger charge is 2.23. The molecule has 0 heterocycles. The molecule has 0 aliphatic heterocycles. The second-order valence-corrected chi connectivity index (χ2v) is 5.53. The van der Waals surface area contributed by atoms with E-state index in [0.717, 1.165) is 10.5 Å². The van der Waals surface area contributed by atoms with Gasteiger partial charge in [-0.2, -0.15) is 0 Å². The van der Waals surface area contributed by atoms with Crippen LogP contribution in [0.25, 0.3) is 0 Å². The van der Waals surface area contributed by atoms with Gasteiger partial charge in [0.15, 0.2) is 0 Å². The number of nitrogens with zero attached hydrogens (tertiary/aromatic N) is 1. The number of carbonyl (C=O) groups is 1. The smallest absolute Gasteiger partial charge is 0.345 e. The molecule has 0 radical (unpaired) electrons. The minimum absolute atomic E-state index is 0.00762. The molecule has 0 bridgehead atoms. The lowest BCUT2D eigenvalue weighted by Crippen LogP contribution is -2.10. The van der Waals surface area contributed by atoms with Crippen LogP contribution < -0.4 is 0 Å². The van der Waals surface area contributed by atoms with Gasteiger partial charge in [0.2, 0.25) is 0 Å². The number of ether oxygens (including phenoxy) is 1. The monoisotopic (exact) mass is 317 g/mol. The molecule has 0 fully saturated rings. The molecule has 0 N–H and O–H groups in total. The standard InChI is InChI=1S/C16H15NO4S/c1-11-4-3-5-14(17(19)20)15(11)16(18)21-10-12-6-8-13(22-2)9-7-12/h3-9H,10H2,1-2H3. The van der Waals surface area contributed by atoms with Gasteiger partial charge in [0.05, 0.1) is 4.92 Å². The number of nitro benzene ring substituents is 1. The molecule has 2 aromatic carbocycles. The number of hydrogen-bond acceptors (Lipinski definition) is 5. The summed E-state index contributed by atoms with van der Waals surface area (Å²) in [6.07, 6.45) is 1.98. The Kier molecular flexibility index (Phi) is 5.16. The SMILES string of the molecule is CSc1ccc(COC(=O)c2c(C)cccc2[N+](=O)[O-])cc1. The van der Waals surface area contributed by atoms with Crippen LogP contribution in [0.15, 0.2) is 47.4 Å². The average Bonchev–Trinajstić information content (AvgIpc) is 2.52. The molecule has 0 unspecified atom stereocenters. The van der Waals surface area contributed by atoms with Crippen LogP contribution in [-0.4, -0.2) is 17.1 Å². The van der Waals surface area contributed by atoms with Crippen LogP contribution in [0.5, 0.6) is 0 Å². The topological polar surface area (TPSA) is 69.4 Å². The first-order valence-corrected chi connectivity index (χ1v) is 7.79. The van der Waals surface area contributed by atoms with Gasteiger partial charge in [0.1, 0.15) is 12.2 Å². The van der Waals surface area contributed by atoms with E-state index < -0.39 is 10.9 Å². The van der Waals surface area contributed by atoms with Crippen LogP contribution >= 0.6 is 11.8 Å². The van der Waals surface area contributed by atoms with E-state index in [1.54, 1.807) is 30.8 Å². The summed E-state index contributed by atoms with van der Waals surface area (Å²) < 4.78 is 5.21. The minimum atomic E-state index is -0.682. The van der Waals surface area contributed by atoms with Crippen molar-refractivity contribution >= 4 is 23.4 Å². The fraction of sp³-hybridized carbons (Fsp3) is 0.188. The quantitative estimate of drug-likeness (QED) is 0.361. The van der Waals surface area contributed by atoms with Crippen LogP contribution in [0.2, 0.25) is 0 Å². The summed E-state index contributed by atoms with van der Waals surface area (Å²) in [5.41, 5.74) is 1.13. The lowest BCUT2D eigenvalue weighted by Gasteiger charge is -2.08. The molecule has 22 heavy (non-hydrogen) atoms. The van der Waals surface area contributed by atoms with Gasteiger partial charge in [0.25, 0.3) is 5.69 Å². The predicted molar refractivity (Wildman–Crippen MR) is 85.2 cm³/mol. The lowest BCUT2D eigenvalue weighted by molar-refractivity contribution is -0.385. The zero-order valence-corrected chi connectivity index (χ0v) is 13.1. The third-order valence-electron chi connectivity index (χ3n) is 3.18. The first-order valence-electron chi connectivity index (χ1n) is 6.57. The number of esters is 1. The Balaban J connectivity index is 2.14. The molecule has 0 spiro atoms. The van der Waals surface area contributed by atoms with Gasteiger partial charge in [-0.1, -0.05) is 24.3 Å². The molecule has 0 amide bonds. The summed E-state index contributed by atoms with van der Waals surface area (Å²) in [5, 5.41) is 11.0. The fourth-order valence-corrected chi connectivity index (χ4v) is 2.42. The maximum atomic E-state index is 12.2. The van der Waals surface area contributed by atoms with E-state index in [4.69, 9.17) is 4.74 Å². The van der Waals surface area contributed by atoms with Crippen molar-refractivity contribution in [3.8, 4) is 0 Å². The van der Waals surface area contributed by atoms with Gasteiger partial charge >= 0.3 is 5.97 Å². The molecule has 2 rings (SSSR count). The molecule has 2 aromatic rings. The molecule has 0 saturated carbocycles. The van der Waals surface area contributed by atoms with Crippen molar-refractivity contribution in [2.24, 2.45) is 0 Å². The maximum Gasteiger partial charge on any atom is 0.345 e. The van der Waals surface area contributed by atoms with E-state index in [-0.39, 0.29) is 17.9 Å². The fourth-order valence-electron chi connectivity index (χ4n) is 2.01. The van der Waals surface area contributed by atoms with Crippen molar-refractivity contribution in [2.45, 2.75) is 18.4 Å². The van der Waals surface area contributed by atoms with Gasteiger partial charge in [-0.3, -0.25) is 10.1 Å². The summed E-state index contributed by atoms with van der Waals surface area (Å²) in [7, 11) is 0. The Morgan fingerprint density at radius 3 is 2.50 bits per heavy atom. The van der Waals surface area contributed by atoms with E-state index >= 15 is 0 Å². The molecule has 0 atom stereocenters. The second kappa shape index (κ2) is 7.09. The first kappa shape index (κ1) is 16.0. The highest BCUT2D eigenvalue weighted by Crippen LogP contribution is 2.23. The number of benzene rings is 2. The van der Waals surface area contributed by atoms with Crippen molar-refractivity contribution < 1.29 is 14.5 Å². The van der Waals surface area contributed by atoms with E-state index in [1.807, 2.05) is 30.5 Å². The Morgan fingerprint density at radius 2 is 1.91 bits per heavy atom. The normalized spacial score (nSPS) is 10.3. The molecule has 0 aliphatic carbocycles. The number of rotatable bonds is 5. The number of carbonyl (C=O) groups excluding carboxylic acids is 1. The summed E-state index contributed by atoms with van der Waals surface area (Å²) >= 11 is 1.62. The molecule has 0 aliphatic rings. The Hall–Kier alpha value is -2.34. The van der Waals surface area contributed by atoms with E-state index in [1.165, 1.54) is 6.07 Å². The summed E-state index contributed by atoms with van der Waals surface area (Å²) in [6, 6.07) is 12.1. The highest BCUT2D eigenvalue weighted by molar-refractivity contribution is 7.98. The maximum absolute atomic E-state index is 12.2. The number of thioether (sulfide) groups is 1. The molecular weight excluding hydrogens is 302 g/mol. The predicted octanol–water partition coefficient (Wildman–Crippen LogP) is 3.98. The Bertz CT molecular complexity index is 698. The van der Waals surface area contributed by atoms with E-state index in [2.05, 4.69) is 0 Å². The van der Waals surface area contributed by atoms with Crippen molar-refractivity contribution in [2.75, 3.05) is 6.26 Å². The minimum Gasteiger partial charge on any atom is -0.457 e. The Morgan fingerprint density at radius 1 is 1.23 bits per heavy atom. The number of aryl methyl sites for hydroxylation is 1. The molecule has 6 heteroatoms. The van der Waals surface area contributed by atoms with Gasteiger partial charge in [-0.15, -0.1) is 11.8 Å². The van der Waals surface area contributed by atoms with Gasteiger partial charge in [0, 0.05) is 11.0 Å². The van der Waals surface area contributed by atoms with E-state index in [0.29, 0.717) is 5.56 Å². The molecule has 5 nitrogen and oxygen atoms in total. The van der Waals surface area contributed by atoms with Crippen LogP contribution in [-0.2, 0) is 11.3 Å². The van der Waals surface area contributed by atoms with Crippen molar-refractivity contribution in [1.29, 1.82) is 0 Å². The molecule has 114 valence electrons. The largest absolute Gasteiger partial charge is 0.457 e. The zero-order valence-electron chi connectivity index (χ0n) is 12.2. The third-order valence-corrected chi connectivity index (χ3v) is 3.92. The molecule has 0 saturated heterocycles. The molecule has 0 aromatic heterocycles. The summed E-state index contributed by atoms with van der Waals surface area (Å²) in [6.45, 7) is 1.73. The average molecular weight is 317 g/mol. The molecular formula is C16H15NO4S. The van der Waals surface area contributed by atoms with Crippen molar-refractivity contribution in [1.82, 2.24) is 0 Å². The van der Waals surface area contributed by atoms with Crippen molar-refractivity contribution in [3.63, 3.8) is 0 Å². The Labute approximate surface area is 132 Å². The lowest BCUT2D eigenvalue weighted by atomic mass is 10.1. The summed E-state index contributed by atoms with van der Waals surface area (Å²) in [4.78, 5) is 23.7. The van der Waals surface area contributed by atoms with Crippen molar-refractivity contribution in [3.05, 3.63) is 69.3 Å². The van der Waals surface area contributed by atoms with Gasteiger partial charge in [-0.05, 0) is 36.4 Å². The van der Waals surface area contributed by atoms with E-state index in [9.17, 15) is 14.9 Å². The zero-order chi connectivity index (χ0) is 16.1. The summed E-state index contributed by atoms with van der Waals surface area (Å²) in [5.74, 6) is -0.682. The van der Waals surface area contributed by atoms with Gasteiger partial charge < -0.3 is 4.74 Å². The van der Waals surface area contributed by atoms with Crippen LogP contribution in [0.4, 0.5) is 5.69 Å². The number of nitro groups is 1. The van der Waals surface area contributed by atoms with Crippen LogP contribution in [0, 0.1) is 17.0 Å². The first-order chi connectivity index (χ1) is 10.5. The third kappa shape index (κ3) is 3.65. The van der Waals surface area contributed by atoms with Gasteiger partial charge in [-0.25, -0.2) is 4.79 Å². The van der Waals surface area contributed by atoms with Crippen LogP contribution in [0.3, 0.4) is 0 Å². The number of hydrogen-bond donors (Lipinski definition) is 0. The second-order valence-electron chi connectivity index (χ2n) is 4.65. The highest BCUT2D eigenvalue weighted by atomic mass is 32.2.